The van der Waals surface area contributed by atoms with E-state index in [0.29, 0.717) is 6.61 Å². The largest absolute Gasteiger partial charge is 0.494 e. The average Bonchev–Trinajstić information content (AvgIpc) is 2.96. The summed E-state index contributed by atoms with van der Waals surface area (Å²) in [6, 6.07) is 7.73. The van der Waals surface area contributed by atoms with Gasteiger partial charge in [0, 0.05) is 5.75 Å². The Labute approximate surface area is 121 Å². The normalized spacial score (nSPS) is 10.4. The standard InChI is InChI=1S/C13H16N2O2S2/c1-2-7-16-11-3-5-12(6-4-11)17-8-9-18-13-15-14-10-19-13/h3-6,10H,2,7-9H2,1H3. The lowest BCUT2D eigenvalue weighted by atomic mass is 10.3. The quantitative estimate of drug-likeness (QED) is 0.551. The average molecular weight is 296 g/mol. The maximum Gasteiger partial charge on any atom is 0.174 e. The number of thioether (sulfide) groups is 1. The van der Waals surface area contributed by atoms with Crippen LogP contribution in [0.15, 0.2) is 34.1 Å². The van der Waals surface area contributed by atoms with Crippen molar-refractivity contribution in [2.24, 2.45) is 0 Å². The zero-order chi connectivity index (χ0) is 13.3. The lowest BCUT2D eigenvalue weighted by Crippen LogP contribution is -2.00. The van der Waals surface area contributed by atoms with Crippen LogP contribution >= 0.6 is 23.1 Å². The Morgan fingerprint density at radius 3 is 2.37 bits per heavy atom. The van der Waals surface area contributed by atoms with Gasteiger partial charge < -0.3 is 9.47 Å². The zero-order valence-electron chi connectivity index (χ0n) is 10.7. The molecule has 1 aromatic heterocycles. The molecule has 4 nitrogen and oxygen atoms in total. The monoisotopic (exact) mass is 296 g/mol. The van der Waals surface area contributed by atoms with Crippen LogP contribution in [0.25, 0.3) is 0 Å². The lowest BCUT2D eigenvalue weighted by Gasteiger charge is -2.07. The van der Waals surface area contributed by atoms with Gasteiger partial charge in [-0.15, -0.1) is 10.2 Å². The van der Waals surface area contributed by atoms with Gasteiger partial charge in [0.15, 0.2) is 4.34 Å². The van der Waals surface area contributed by atoms with Crippen molar-refractivity contribution in [3.63, 3.8) is 0 Å². The molecular weight excluding hydrogens is 280 g/mol. The van der Waals surface area contributed by atoms with Crippen molar-refractivity contribution in [1.82, 2.24) is 10.2 Å². The van der Waals surface area contributed by atoms with Gasteiger partial charge in [-0.25, -0.2) is 0 Å². The third kappa shape index (κ3) is 5.08. The van der Waals surface area contributed by atoms with Crippen LogP contribution in [0.3, 0.4) is 0 Å². The van der Waals surface area contributed by atoms with Crippen molar-refractivity contribution in [1.29, 1.82) is 0 Å². The molecule has 1 aromatic carbocycles. The summed E-state index contributed by atoms with van der Waals surface area (Å²) >= 11 is 3.20. The predicted octanol–water partition coefficient (Wildman–Crippen LogP) is 3.50. The SMILES string of the molecule is CCCOc1ccc(OCCSc2nncs2)cc1. The van der Waals surface area contributed by atoms with Crippen LogP contribution in [-0.2, 0) is 0 Å². The highest BCUT2D eigenvalue weighted by Crippen LogP contribution is 2.20. The molecule has 0 unspecified atom stereocenters. The minimum Gasteiger partial charge on any atom is -0.494 e. The summed E-state index contributed by atoms with van der Waals surface area (Å²) in [5, 5.41) is 7.75. The Morgan fingerprint density at radius 2 is 1.79 bits per heavy atom. The van der Waals surface area contributed by atoms with Crippen LogP contribution in [0.4, 0.5) is 0 Å². The van der Waals surface area contributed by atoms with Crippen molar-refractivity contribution >= 4 is 23.1 Å². The van der Waals surface area contributed by atoms with E-state index in [0.717, 1.165) is 34.6 Å². The predicted molar refractivity (Wildman–Crippen MR) is 78.4 cm³/mol. The summed E-state index contributed by atoms with van der Waals surface area (Å²) in [5.41, 5.74) is 1.73. The summed E-state index contributed by atoms with van der Waals surface area (Å²) < 4.78 is 12.1. The fourth-order valence-electron chi connectivity index (χ4n) is 1.37. The molecule has 0 saturated carbocycles. The van der Waals surface area contributed by atoms with Gasteiger partial charge in [-0.2, -0.15) is 0 Å². The lowest BCUT2D eigenvalue weighted by molar-refractivity contribution is 0.314. The maximum atomic E-state index is 5.64. The molecule has 1 heterocycles. The minimum atomic E-state index is 0.652. The second kappa shape index (κ2) is 8.01. The van der Waals surface area contributed by atoms with Gasteiger partial charge in [0.1, 0.15) is 17.0 Å². The molecule has 0 aliphatic rings. The molecule has 6 heteroatoms. The molecule has 0 aliphatic carbocycles. The van der Waals surface area contributed by atoms with E-state index in [1.165, 1.54) is 0 Å². The number of aromatic nitrogens is 2. The van der Waals surface area contributed by atoms with Crippen molar-refractivity contribution in [2.45, 2.75) is 17.7 Å². The van der Waals surface area contributed by atoms with E-state index in [4.69, 9.17) is 9.47 Å². The molecule has 19 heavy (non-hydrogen) atoms. The highest BCUT2D eigenvalue weighted by atomic mass is 32.2. The molecular formula is C13H16N2O2S2. The summed E-state index contributed by atoms with van der Waals surface area (Å²) in [6.45, 7) is 3.49. The molecule has 0 bridgehead atoms. The van der Waals surface area contributed by atoms with Crippen molar-refractivity contribution in [3.05, 3.63) is 29.8 Å². The third-order valence-corrected chi connectivity index (χ3v) is 4.04. The maximum absolute atomic E-state index is 5.64. The van der Waals surface area contributed by atoms with Gasteiger partial charge in [-0.3, -0.25) is 0 Å². The summed E-state index contributed by atoms with van der Waals surface area (Å²) in [5.74, 6) is 2.61. The Hall–Kier alpha value is -1.27. The molecule has 0 amide bonds. The second-order valence-corrected chi connectivity index (χ2v) is 5.90. The van der Waals surface area contributed by atoms with Crippen LogP contribution in [-0.4, -0.2) is 29.2 Å². The van der Waals surface area contributed by atoms with Gasteiger partial charge in [-0.05, 0) is 30.7 Å². The van der Waals surface area contributed by atoms with E-state index in [-0.39, 0.29) is 0 Å². The molecule has 0 N–H and O–H groups in total. The third-order valence-electron chi connectivity index (χ3n) is 2.21. The first-order valence-corrected chi connectivity index (χ1v) is 7.99. The fourth-order valence-corrected chi connectivity index (χ4v) is 2.74. The first-order chi connectivity index (χ1) is 9.38. The van der Waals surface area contributed by atoms with Crippen LogP contribution in [0, 0.1) is 0 Å². The van der Waals surface area contributed by atoms with Crippen molar-refractivity contribution < 1.29 is 9.47 Å². The van der Waals surface area contributed by atoms with E-state index in [9.17, 15) is 0 Å². The summed E-state index contributed by atoms with van der Waals surface area (Å²) in [6.07, 6.45) is 1.01. The van der Waals surface area contributed by atoms with E-state index >= 15 is 0 Å². The Bertz CT molecular complexity index is 460. The van der Waals surface area contributed by atoms with Gasteiger partial charge in [-0.1, -0.05) is 30.0 Å². The topological polar surface area (TPSA) is 44.2 Å². The fraction of sp³-hybridized carbons (Fsp3) is 0.385. The van der Waals surface area contributed by atoms with Crippen molar-refractivity contribution in [3.8, 4) is 11.5 Å². The van der Waals surface area contributed by atoms with E-state index in [1.54, 1.807) is 28.6 Å². The first-order valence-electron chi connectivity index (χ1n) is 6.13. The van der Waals surface area contributed by atoms with Gasteiger partial charge in [0.05, 0.1) is 13.2 Å². The molecule has 2 rings (SSSR count). The highest BCUT2D eigenvalue weighted by Gasteiger charge is 1.99. The number of hydrogen-bond acceptors (Lipinski definition) is 6. The number of rotatable bonds is 8. The number of nitrogens with zero attached hydrogens (tertiary/aromatic N) is 2. The number of ether oxygens (including phenoxy) is 2. The smallest absolute Gasteiger partial charge is 0.174 e. The second-order valence-electron chi connectivity index (χ2n) is 3.72. The van der Waals surface area contributed by atoms with Crippen LogP contribution in [0.5, 0.6) is 11.5 Å². The highest BCUT2D eigenvalue weighted by molar-refractivity contribution is 8.01. The van der Waals surface area contributed by atoms with Gasteiger partial charge >= 0.3 is 0 Å². The van der Waals surface area contributed by atoms with E-state index < -0.39 is 0 Å². The van der Waals surface area contributed by atoms with E-state index in [1.807, 2.05) is 24.3 Å². The number of benzene rings is 1. The molecule has 0 fully saturated rings. The van der Waals surface area contributed by atoms with Crippen molar-refractivity contribution in [2.75, 3.05) is 19.0 Å². The minimum absolute atomic E-state index is 0.652. The first kappa shape index (κ1) is 14.1. The molecule has 0 radical (unpaired) electrons. The molecule has 0 atom stereocenters. The summed E-state index contributed by atoms with van der Waals surface area (Å²) in [7, 11) is 0. The molecule has 0 aliphatic heterocycles. The molecule has 0 saturated heterocycles. The van der Waals surface area contributed by atoms with E-state index in [2.05, 4.69) is 17.1 Å². The Morgan fingerprint density at radius 1 is 1.11 bits per heavy atom. The molecule has 2 aromatic rings. The van der Waals surface area contributed by atoms with Gasteiger partial charge in [0.25, 0.3) is 0 Å². The van der Waals surface area contributed by atoms with Crippen LogP contribution in [0.1, 0.15) is 13.3 Å². The number of hydrogen-bond donors (Lipinski definition) is 0. The molecule has 102 valence electrons. The van der Waals surface area contributed by atoms with Crippen LogP contribution in [0.2, 0.25) is 0 Å². The Balaban J connectivity index is 1.68. The van der Waals surface area contributed by atoms with Crippen LogP contribution < -0.4 is 9.47 Å². The summed E-state index contributed by atoms with van der Waals surface area (Å²) in [4.78, 5) is 0. The Kier molecular flexibility index (Phi) is 5.97. The molecule has 0 spiro atoms. The zero-order valence-corrected chi connectivity index (χ0v) is 12.4. The van der Waals surface area contributed by atoms with Gasteiger partial charge in [0.2, 0.25) is 0 Å².